The summed E-state index contributed by atoms with van der Waals surface area (Å²) in [6.07, 6.45) is 23.4. The van der Waals surface area contributed by atoms with Gasteiger partial charge in [-0.25, -0.2) is 0 Å². The van der Waals surface area contributed by atoms with Gasteiger partial charge in [0, 0.05) is 100 Å². The smallest absolute Gasteiger partial charge is 0.253 e. The van der Waals surface area contributed by atoms with Gasteiger partial charge >= 0.3 is 0 Å². The van der Waals surface area contributed by atoms with Gasteiger partial charge in [-0.1, -0.05) is 292 Å². The number of fused-ring (bicyclic) bond motifs is 19. The topological polar surface area (TPSA) is 19.4 Å². The Morgan fingerprint density at radius 1 is 0.400 bits per heavy atom. The van der Waals surface area contributed by atoms with E-state index in [0.29, 0.717) is 0 Å². The van der Waals surface area contributed by atoms with Crippen molar-refractivity contribution in [3.63, 3.8) is 0 Å². The third-order valence-electron chi connectivity index (χ3n) is 27.9. The Morgan fingerprint density at radius 3 is 1.48 bits per heavy atom. The second-order valence-corrected chi connectivity index (χ2v) is 35.3. The molecule has 566 valence electrons. The number of benzene rings is 14. The van der Waals surface area contributed by atoms with Crippen LogP contribution in [0.15, 0.2) is 420 Å². The predicted molar refractivity (Wildman–Crippen MR) is 502 cm³/mol. The van der Waals surface area contributed by atoms with Crippen LogP contribution < -0.4 is 56.7 Å². The molecule has 0 saturated heterocycles. The van der Waals surface area contributed by atoms with Crippen molar-refractivity contribution in [2.24, 2.45) is 11.8 Å². The number of rotatable bonds is 9. The normalized spacial score (nSPS) is 19.8. The van der Waals surface area contributed by atoms with Crippen molar-refractivity contribution in [3.05, 3.63) is 443 Å². The minimum Gasteiger partial charge on any atom is -0.328 e. The highest BCUT2D eigenvalue weighted by Gasteiger charge is 2.58. The molecule has 4 atom stereocenters. The van der Waals surface area contributed by atoms with Crippen LogP contribution >= 0.6 is 11.8 Å². The second kappa shape index (κ2) is 26.0. The summed E-state index contributed by atoms with van der Waals surface area (Å²) in [6, 6.07) is 123. The van der Waals surface area contributed by atoms with E-state index in [9.17, 15) is 0 Å². The van der Waals surface area contributed by atoms with Crippen LogP contribution in [0.5, 0.6) is 0 Å². The summed E-state index contributed by atoms with van der Waals surface area (Å²) in [5.74, 6) is 0.545. The second-order valence-electron chi connectivity index (χ2n) is 34.2. The van der Waals surface area contributed by atoms with Crippen molar-refractivity contribution in [2.75, 3.05) is 29.4 Å². The van der Waals surface area contributed by atoms with Crippen LogP contribution in [-0.2, 0) is 10.8 Å². The lowest BCUT2D eigenvalue weighted by Gasteiger charge is -2.58. The summed E-state index contributed by atoms with van der Waals surface area (Å²) < 4.78 is 0. The average Bonchev–Trinajstić information content (AvgIpc) is 1.04. The lowest BCUT2D eigenvalue weighted by Crippen LogP contribution is -2.61. The maximum Gasteiger partial charge on any atom is 0.253 e. The zero-order valence-corrected chi connectivity index (χ0v) is 67.9. The number of para-hydroxylation sites is 8. The molecule has 0 bridgehead atoms. The molecule has 0 amide bonds. The molecule has 6 heterocycles. The van der Waals surface area contributed by atoms with E-state index in [0.717, 1.165) is 104 Å². The maximum atomic E-state index is 3.96. The zero-order valence-electron chi connectivity index (χ0n) is 67.1. The number of allylic oxidation sites excluding steroid dienone is 11. The molecule has 0 N–H and O–H groups in total. The Kier molecular flexibility index (Phi) is 15.0. The maximum absolute atomic E-state index is 3.96. The van der Waals surface area contributed by atoms with Crippen molar-refractivity contribution in [1.29, 1.82) is 0 Å². The van der Waals surface area contributed by atoms with Crippen LogP contribution in [0, 0.1) is 11.8 Å². The number of hydrogen-bond donors (Lipinski definition) is 0. The van der Waals surface area contributed by atoms with Gasteiger partial charge in [-0.2, -0.15) is 0 Å². The van der Waals surface area contributed by atoms with Crippen LogP contribution in [0.1, 0.15) is 73.9 Å². The largest absolute Gasteiger partial charge is 0.328 e. The summed E-state index contributed by atoms with van der Waals surface area (Å²) in [4.78, 5) is 18.0. The fourth-order valence-corrected chi connectivity index (χ4v) is 24.5. The first-order chi connectivity index (χ1) is 59.1. The lowest BCUT2D eigenvalue weighted by molar-refractivity contribution is 0.459. The first-order valence-corrected chi connectivity index (χ1v) is 43.3. The van der Waals surface area contributed by atoms with Crippen LogP contribution in [0.25, 0.3) is 16.7 Å². The van der Waals surface area contributed by atoms with E-state index < -0.39 is 11.0 Å². The SMILES string of the molecule is CC1C=CC2(C)C3=C1C(C)C=CC3(C)N(c1cc3c4c(c1)N(c1ccccc1)c1cc5c(cc1B4C1=CC=C=C=C1N3c1ccccc1C1=CC=CCC1)C1(c3cc4c(cc3S5)N(c3ccccc3)c3cc(N(c5ccccc5)c5ccccc5)cc5c3B4c3ccccc3N5c3ccccc3)c3ccccc3-c3ccccc31)c1ccccc12. The van der Waals surface area contributed by atoms with Crippen molar-refractivity contribution >= 4 is 149 Å². The molecule has 11 aliphatic rings. The molecule has 9 heteroatoms. The van der Waals surface area contributed by atoms with Crippen molar-refractivity contribution < 1.29 is 0 Å². The van der Waals surface area contributed by atoms with Gasteiger partial charge < -0.3 is 29.4 Å². The standard InChI is InChI=1S/C111H80B2N6S/c1-71-59-61-109(3)86-52-28-32-56-94(86)119(110(4)62-60-72(2)105(71)108(109)110)80-65-101-107-102(66-80)118(93-55-31-25-47-81(93)73-35-11-5-12-36-73)96-58-34-30-54-90(96)113(107)92-68-88-104(70-98(92)117(101)78-45-21-10-22-46-78)120-103-69-97-91(67-87(103)111(88)84-50-26-23-48-82(84)83-49-24-27-51-85(83)111)112-89-53-29-33-57-95(89)115(76-41-17-8-18-42-76)99-63-79(64-100(106(99)112)116(97)77-43-19-9-20-44-77)114(74-37-13-6-14-38-74)75-39-15-7-16-40-75/h5-11,13-33,35,37-57,59-72H,12,36H2,1-4H3. The molecular weight excluding hydrogens is 1470 g/mol. The molecule has 0 aromatic heterocycles. The van der Waals surface area contributed by atoms with Gasteiger partial charge in [0.15, 0.2) is 0 Å². The summed E-state index contributed by atoms with van der Waals surface area (Å²) in [7, 11) is 0. The first kappa shape index (κ1) is 69.2. The molecule has 1 spiro atoms. The van der Waals surface area contributed by atoms with Gasteiger partial charge in [0.1, 0.15) is 0 Å². The molecule has 0 radical (unpaired) electrons. The Labute approximate surface area is 706 Å². The summed E-state index contributed by atoms with van der Waals surface area (Å²) >= 11 is 1.94. The van der Waals surface area contributed by atoms with Gasteiger partial charge in [0.05, 0.1) is 28.0 Å². The fraction of sp³-hybridized carbons (Fsp3) is 0.0991. The summed E-state index contributed by atoms with van der Waals surface area (Å²) in [5.41, 5.74) is 46.9. The van der Waals surface area contributed by atoms with Crippen molar-refractivity contribution in [3.8, 4) is 11.1 Å². The molecule has 6 nitrogen and oxygen atoms in total. The highest BCUT2D eigenvalue weighted by Crippen LogP contribution is 2.66. The van der Waals surface area contributed by atoms with Crippen LogP contribution in [0.2, 0.25) is 0 Å². The third-order valence-corrected chi connectivity index (χ3v) is 29.1. The number of hydrogen-bond acceptors (Lipinski definition) is 7. The third kappa shape index (κ3) is 9.57. The minimum absolute atomic E-state index is 0.198. The van der Waals surface area contributed by atoms with Crippen LogP contribution in [0.4, 0.5) is 91.0 Å². The van der Waals surface area contributed by atoms with Crippen LogP contribution in [-0.4, -0.2) is 19.0 Å². The van der Waals surface area contributed by atoms with Gasteiger partial charge in [0.25, 0.3) is 13.4 Å². The fourth-order valence-electron chi connectivity index (χ4n) is 23.3. The molecule has 0 fully saturated rings. The average molecular weight is 1550 g/mol. The molecule has 25 rings (SSSR count). The van der Waals surface area contributed by atoms with Crippen LogP contribution in [0.3, 0.4) is 0 Å². The molecule has 6 aliphatic heterocycles. The van der Waals surface area contributed by atoms with E-state index in [-0.39, 0.29) is 30.7 Å². The Balaban J connectivity index is 0.780. The summed E-state index contributed by atoms with van der Waals surface area (Å²) in [6.45, 7) is 9.35. The minimum atomic E-state index is -0.824. The first-order valence-electron chi connectivity index (χ1n) is 42.5. The lowest BCUT2D eigenvalue weighted by atomic mass is 9.32. The monoisotopic (exact) mass is 1550 g/mol. The van der Waals surface area contributed by atoms with E-state index in [1.807, 2.05) is 11.8 Å². The molecule has 120 heavy (non-hydrogen) atoms. The van der Waals surface area contributed by atoms with E-state index in [1.165, 1.54) is 109 Å². The van der Waals surface area contributed by atoms with E-state index in [1.54, 1.807) is 0 Å². The number of nitrogens with zero attached hydrogens (tertiary/aromatic N) is 6. The highest BCUT2D eigenvalue weighted by atomic mass is 32.2. The van der Waals surface area contributed by atoms with E-state index >= 15 is 0 Å². The zero-order chi connectivity index (χ0) is 79.4. The van der Waals surface area contributed by atoms with E-state index in [4.69, 9.17) is 0 Å². The highest BCUT2D eigenvalue weighted by molar-refractivity contribution is 7.99. The van der Waals surface area contributed by atoms with Gasteiger partial charge in [-0.15, -0.1) is 0 Å². The molecule has 0 saturated carbocycles. The Bertz CT molecular complexity index is 7020. The van der Waals surface area contributed by atoms with Crippen molar-refractivity contribution in [2.45, 2.75) is 66.7 Å². The molecule has 5 aliphatic carbocycles. The van der Waals surface area contributed by atoms with E-state index in [2.05, 4.69) is 445 Å². The Hall–Kier alpha value is -13.9. The van der Waals surface area contributed by atoms with Crippen molar-refractivity contribution in [1.82, 2.24) is 0 Å². The predicted octanol–water partition coefficient (Wildman–Crippen LogP) is 24.9. The van der Waals surface area contributed by atoms with Gasteiger partial charge in [-0.3, -0.25) is 0 Å². The van der Waals surface area contributed by atoms with Gasteiger partial charge in [0.2, 0.25) is 0 Å². The quantitative estimate of drug-likeness (QED) is 0.0804. The molecule has 4 unspecified atom stereocenters. The summed E-state index contributed by atoms with van der Waals surface area (Å²) in [5, 5.41) is 0. The molecule has 14 aromatic carbocycles. The Morgan fingerprint density at radius 2 is 0.883 bits per heavy atom. The van der Waals surface area contributed by atoms with Gasteiger partial charge in [-0.05, 0) is 248 Å². The molecular formula is C111H80B2N6S. The molecule has 14 aromatic rings. The number of anilines is 16.